The molecule has 202 valence electrons. The van der Waals surface area contributed by atoms with Gasteiger partial charge in [0.2, 0.25) is 5.91 Å². The Morgan fingerprint density at radius 2 is 1.82 bits per heavy atom. The molecule has 1 aliphatic rings. The Bertz CT molecular complexity index is 1480. The monoisotopic (exact) mass is 620 g/mol. The summed E-state index contributed by atoms with van der Waals surface area (Å²) < 4.78 is 52.9. The van der Waals surface area contributed by atoms with Gasteiger partial charge in [0.05, 0.1) is 21.7 Å². The Labute approximate surface area is 234 Å². The van der Waals surface area contributed by atoms with Crippen LogP contribution in [0.15, 0.2) is 64.0 Å². The number of imide groups is 1. The molecule has 3 amide bonds. The van der Waals surface area contributed by atoms with Gasteiger partial charge in [0.25, 0.3) is 11.1 Å². The number of benzene rings is 3. The topological polar surface area (TPSA) is 84.9 Å². The molecule has 3 aromatic rings. The van der Waals surface area contributed by atoms with Crippen LogP contribution in [0.4, 0.5) is 23.7 Å². The molecule has 0 aromatic heterocycles. The van der Waals surface area contributed by atoms with Gasteiger partial charge in [0.15, 0.2) is 11.5 Å². The van der Waals surface area contributed by atoms with Gasteiger partial charge in [-0.25, -0.2) is 13.2 Å². The Morgan fingerprint density at radius 3 is 2.54 bits per heavy atom. The minimum Gasteiger partial charge on any atom is -0.490 e. The molecule has 0 bridgehead atoms. The van der Waals surface area contributed by atoms with Crippen molar-refractivity contribution >= 4 is 56.5 Å². The summed E-state index contributed by atoms with van der Waals surface area (Å²) in [6.07, 6.45) is 1.45. The molecule has 0 unspecified atom stereocenters. The zero-order chi connectivity index (χ0) is 28.1. The molecule has 1 saturated heterocycles. The first kappa shape index (κ1) is 28.2. The molecule has 12 heteroatoms. The smallest absolute Gasteiger partial charge is 0.294 e. The molecule has 1 heterocycles. The maximum atomic E-state index is 14.0. The van der Waals surface area contributed by atoms with E-state index in [1.165, 1.54) is 12.1 Å². The summed E-state index contributed by atoms with van der Waals surface area (Å²) in [4.78, 5) is 38.5. The fraction of sp³-hybridized carbons (Fsp3) is 0.148. The van der Waals surface area contributed by atoms with Gasteiger partial charge in [0, 0.05) is 11.6 Å². The second kappa shape index (κ2) is 12.4. The third-order valence-corrected chi connectivity index (χ3v) is 6.84. The van der Waals surface area contributed by atoms with E-state index in [1.54, 1.807) is 37.3 Å². The molecule has 0 atom stereocenters. The van der Waals surface area contributed by atoms with Gasteiger partial charge in [-0.2, -0.15) is 0 Å². The highest BCUT2D eigenvalue weighted by molar-refractivity contribution is 9.10. The number of rotatable bonds is 9. The van der Waals surface area contributed by atoms with Crippen LogP contribution in [0.5, 0.6) is 11.5 Å². The van der Waals surface area contributed by atoms with Crippen LogP contribution < -0.4 is 14.8 Å². The SMILES string of the molecule is CCOc1cc(/C=C2\SC(=O)N(CC(=O)Nc3ccc(F)cc3F)C2=O)cc(Br)c1OCc1ccccc1F. The number of halogens is 4. The van der Waals surface area contributed by atoms with E-state index in [2.05, 4.69) is 21.2 Å². The largest absolute Gasteiger partial charge is 0.490 e. The van der Waals surface area contributed by atoms with E-state index in [-0.39, 0.29) is 17.2 Å². The molecule has 39 heavy (non-hydrogen) atoms. The van der Waals surface area contributed by atoms with Crippen molar-refractivity contribution in [3.8, 4) is 11.5 Å². The molecule has 1 N–H and O–H groups in total. The van der Waals surface area contributed by atoms with Gasteiger partial charge in [0.1, 0.15) is 30.6 Å². The molecule has 1 aliphatic heterocycles. The lowest BCUT2D eigenvalue weighted by Gasteiger charge is -2.15. The second-order valence-electron chi connectivity index (χ2n) is 8.08. The van der Waals surface area contributed by atoms with Crippen molar-refractivity contribution in [1.82, 2.24) is 4.90 Å². The summed E-state index contributed by atoms with van der Waals surface area (Å²) in [5.74, 6) is -3.10. The predicted molar refractivity (Wildman–Crippen MR) is 144 cm³/mol. The van der Waals surface area contributed by atoms with Crippen molar-refractivity contribution in [2.45, 2.75) is 13.5 Å². The molecule has 0 spiro atoms. The van der Waals surface area contributed by atoms with Crippen LogP contribution in [0.1, 0.15) is 18.1 Å². The second-order valence-corrected chi connectivity index (χ2v) is 9.93. The molecule has 7 nitrogen and oxygen atoms in total. The van der Waals surface area contributed by atoms with Crippen LogP contribution in [0.3, 0.4) is 0 Å². The van der Waals surface area contributed by atoms with Crippen LogP contribution in [0, 0.1) is 17.5 Å². The maximum Gasteiger partial charge on any atom is 0.294 e. The number of nitrogens with one attached hydrogen (secondary N) is 1. The maximum absolute atomic E-state index is 14.0. The predicted octanol–water partition coefficient (Wildman–Crippen LogP) is 6.52. The average molecular weight is 621 g/mol. The minimum absolute atomic E-state index is 0.0481. The van der Waals surface area contributed by atoms with Gasteiger partial charge in [-0.1, -0.05) is 18.2 Å². The third-order valence-electron chi connectivity index (χ3n) is 5.34. The first-order valence-corrected chi connectivity index (χ1v) is 13.1. The third kappa shape index (κ3) is 6.82. The van der Waals surface area contributed by atoms with Crippen LogP contribution in [-0.4, -0.2) is 35.1 Å². The van der Waals surface area contributed by atoms with Crippen LogP contribution >= 0.6 is 27.7 Å². The lowest BCUT2D eigenvalue weighted by atomic mass is 10.1. The van der Waals surface area contributed by atoms with Crippen molar-refractivity contribution in [3.63, 3.8) is 0 Å². The fourth-order valence-corrected chi connectivity index (χ4v) is 4.96. The zero-order valence-electron chi connectivity index (χ0n) is 20.3. The van der Waals surface area contributed by atoms with Crippen LogP contribution in [0.25, 0.3) is 6.08 Å². The van der Waals surface area contributed by atoms with Crippen LogP contribution in [-0.2, 0) is 16.2 Å². The van der Waals surface area contributed by atoms with Gasteiger partial charge in [-0.15, -0.1) is 0 Å². The number of amides is 3. The van der Waals surface area contributed by atoms with Crippen molar-refractivity contribution in [2.75, 3.05) is 18.5 Å². The summed E-state index contributed by atoms with van der Waals surface area (Å²) in [6.45, 7) is 1.37. The molecule has 1 fully saturated rings. The van der Waals surface area contributed by atoms with Crippen molar-refractivity contribution in [3.05, 3.63) is 92.6 Å². The Morgan fingerprint density at radius 1 is 1.05 bits per heavy atom. The van der Waals surface area contributed by atoms with E-state index >= 15 is 0 Å². The van der Waals surface area contributed by atoms with Gasteiger partial charge in [-0.3, -0.25) is 19.3 Å². The molecule has 4 rings (SSSR count). The number of ether oxygens (including phenoxy) is 2. The summed E-state index contributed by atoms with van der Waals surface area (Å²) in [6, 6.07) is 12.0. The zero-order valence-corrected chi connectivity index (χ0v) is 22.7. The number of carbonyl (C=O) groups is 3. The number of hydrogen-bond donors (Lipinski definition) is 1. The molecule has 3 aromatic carbocycles. The highest BCUT2D eigenvalue weighted by atomic mass is 79.9. The number of anilines is 1. The fourth-order valence-electron chi connectivity index (χ4n) is 3.55. The minimum atomic E-state index is -0.991. The standard InChI is InChI=1S/C27H20BrF3N2O5S/c1-2-37-22-10-15(9-18(28)25(22)38-14-16-5-3-4-6-19(16)30)11-23-26(35)33(27(36)39-23)13-24(34)32-21-8-7-17(29)12-20(21)31/h3-12H,2,13-14H2,1H3,(H,32,34)/b23-11-. The van der Waals surface area contributed by atoms with Gasteiger partial charge in [-0.05, 0) is 76.6 Å². The highest BCUT2D eigenvalue weighted by Crippen LogP contribution is 2.40. The molecule has 0 aliphatic carbocycles. The van der Waals surface area contributed by atoms with Crippen molar-refractivity contribution < 1.29 is 37.0 Å². The van der Waals surface area contributed by atoms with E-state index in [0.717, 1.165) is 17.0 Å². The van der Waals surface area contributed by atoms with E-state index in [0.29, 0.717) is 51.5 Å². The Kier molecular flexibility index (Phi) is 8.97. The Hall–Kier alpha value is -3.77. The molecular formula is C27H20BrF3N2O5S. The van der Waals surface area contributed by atoms with Crippen molar-refractivity contribution in [1.29, 1.82) is 0 Å². The Balaban J connectivity index is 1.50. The average Bonchev–Trinajstić information content (AvgIpc) is 3.13. The highest BCUT2D eigenvalue weighted by Gasteiger charge is 2.36. The lowest BCUT2D eigenvalue weighted by molar-refractivity contribution is -0.127. The molecular weight excluding hydrogens is 601 g/mol. The molecule has 0 saturated carbocycles. The quantitative estimate of drug-likeness (QED) is 0.274. The first-order chi connectivity index (χ1) is 18.7. The summed E-state index contributed by atoms with van der Waals surface area (Å²) in [5.41, 5.74) is 0.567. The van der Waals surface area contributed by atoms with E-state index < -0.39 is 41.0 Å². The van der Waals surface area contributed by atoms with Gasteiger partial charge < -0.3 is 14.8 Å². The summed E-state index contributed by atoms with van der Waals surface area (Å²) in [5, 5.41) is 1.53. The van der Waals surface area contributed by atoms with E-state index in [9.17, 15) is 27.6 Å². The number of hydrogen-bond acceptors (Lipinski definition) is 6. The number of carbonyl (C=O) groups excluding carboxylic acids is 3. The molecule has 0 radical (unpaired) electrons. The summed E-state index contributed by atoms with van der Waals surface area (Å²) >= 11 is 4.05. The van der Waals surface area contributed by atoms with Crippen LogP contribution in [0.2, 0.25) is 0 Å². The van der Waals surface area contributed by atoms with E-state index in [1.807, 2.05) is 0 Å². The van der Waals surface area contributed by atoms with Gasteiger partial charge >= 0.3 is 0 Å². The summed E-state index contributed by atoms with van der Waals surface area (Å²) in [7, 11) is 0. The lowest BCUT2D eigenvalue weighted by Crippen LogP contribution is -2.36. The first-order valence-electron chi connectivity index (χ1n) is 11.5. The number of thioether (sulfide) groups is 1. The van der Waals surface area contributed by atoms with E-state index in [4.69, 9.17) is 9.47 Å². The van der Waals surface area contributed by atoms with Crippen molar-refractivity contribution in [2.24, 2.45) is 0 Å². The normalized spacial score (nSPS) is 14.2. The number of nitrogens with zero attached hydrogens (tertiary/aromatic N) is 1.